The molecule has 8 heteroatoms. The lowest BCUT2D eigenvalue weighted by Crippen LogP contribution is -2.16. The SMILES string of the molecule is Cc1cc([C@@H](C)Oc2ccc(F)cc2S(N)(=O)=O)c2oc(C3CC3)c(C)c(=O)c2c1. The zero-order chi connectivity index (χ0) is 21.8. The molecule has 2 N–H and O–H groups in total. The van der Waals surface area contributed by atoms with E-state index in [2.05, 4.69) is 0 Å². The number of ether oxygens (including phenoxy) is 1. The Morgan fingerprint density at radius 3 is 2.53 bits per heavy atom. The summed E-state index contributed by atoms with van der Waals surface area (Å²) < 4.78 is 49.4. The number of halogens is 1. The van der Waals surface area contributed by atoms with Gasteiger partial charge < -0.3 is 9.15 Å². The van der Waals surface area contributed by atoms with E-state index in [1.807, 2.05) is 13.0 Å². The van der Waals surface area contributed by atoms with Crippen molar-refractivity contribution < 1.29 is 22.0 Å². The molecule has 1 atom stereocenters. The molecule has 1 aromatic heterocycles. The summed E-state index contributed by atoms with van der Waals surface area (Å²) in [6.07, 6.45) is 1.28. The fourth-order valence-corrected chi connectivity index (χ4v) is 4.35. The van der Waals surface area contributed by atoms with Crippen molar-refractivity contribution in [3.63, 3.8) is 0 Å². The fourth-order valence-electron chi connectivity index (χ4n) is 3.68. The molecule has 0 bridgehead atoms. The van der Waals surface area contributed by atoms with Crippen molar-refractivity contribution in [3.05, 3.63) is 68.8 Å². The number of primary sulfonamides is 1. The number of hydrogen-bond acceptors (Lipinski definition) is 5. The van der Waals surface area contributed by atoms with Crippen molar-refractivity contribution >= 4 is 21.0 Å². The van der Waals surface area contributed by atoms with Gasteiger partial charge in [0.2, 0.25) is 10.0 Å². The third-order valence-electron chi connectivity index (χ3n) is 5.33. The third kappa shape index (κ3) is 3.73. The van der Waals surface area contributed by atoms with E-state index in [4.69, 9.17) is 14.3 Å². The molecular formula is C22H22FNO5S. The van der Waals surface area contributed by atoms with Crippen LogP contribution in [-0.4, -0.2) is 8.42 Å². The average Bonchev–Trinajstić information content (AvgIpc) is 3.50. The maximum atomic E-state index is 13.6. The number of sulfonamides is 1. The molecule has 0 unspecified atom stereocenters. The van der Waals surface area contributed by atoms with Crippen LogP contribution >= 0.6 is 0 Å². The highest BCUT2D eigenvalue weighted by Gasteiger charge is 2.30. The smallest absolute Gasteiger partial charge is 0.241 e. The number of aryl methyl sites for hydroxylation is 1. The third-order valence-corrected chi connectivity index (χ3v) is 6.26. The van der Waals surface area contributed by atoms with E-state index in [1.54, 1.807) is 19.9 Å². The Balaban J connectivity index is 1.85. The highest BCUT2D eigenvalue weighted by atomic mass is 32.2. The average molecular weight is 431 g/mol. The monoisotopic (exact) mass is 431 g/mol. The summed E-state index contributed by atoms with van der Waals surface area (Å²) in [6, 6.07) is 6.75. The second kappa shape index (κ2) is 7.21. The Morgan fingerprint density at radius 2 is 1.90 bits per heavy atom. The van der Waals surface area contributed by atoms with Gasteiger partial charge in [-0.3, -0.25) is 4.79 Å². The highest BCUT2D eigenvalue weighted by Crippen LogP contribution is 2.42. The van der Waals surface area contributed by atoms with E-state index in [1.165, 1.54) is 6.07 Å². The number of rotatable bonds is 5. The van der Waals surface area contributed by atoms with Gasteiger partial charge in [0.25, 0.3) is 0 Å². The quantitative estimate of drug-likeness (QED) is 0.652. The molecule has 1 fully saturated rings. The van der Waals surface area contributed by atoms with E-state index in [0.717, 1.165) is 30.5 Å². The Morgan fingerprint density at radius 1 is 1.20 bits per heavy atom. The first-order valence-electron chi connectivity index (χ1n) is 9.63. The van der Waals surface area contributed by atoms with Crippen LogP contribution in [0, 0.1) is 19.7 Å². The molecule has 1 aliphatic rings. The van der Waals surface area contributed by atoms with Crippen LogP contribution in [0.25, 0.3) is 11.0 Å². The van der Waals surface area contributed by atoms with Crippen LogP contribution in [0.5, 0.6) is 5.75 Å². The van der Waals surface area contributed by atoms with E-state index in [9.17, 15) is 17.6 Å². The van der Waals surface area contributed by atoms with Gasteiger partial charge in [-0.25, -0.2) is 17.9 Å². The van der Waals surface area contributed by atoms with Gasteiger partial charge in [-0.05, 0) is 69.5 Å². The summed E-state index contributed by atoms with van der Waals surface area (Å²) in [7, 11) is -4.19. The lowest BCUT2D eigenvalue weighted by Gasteiger charge is -2.19. The predicted octanol–water partition coefficient (Wildman–Crippen LogP) is 4.21. The number of nitrogens with two attached hydrogens (primary N) is 1. The Labute approximate surface area is 173 Å². The molecule has 0 amide bonds. The van der Waals surface area contributed by atoms with E-state index in [0.29, 0.717) is 27.9 Å². The van der Waals surface area contributed by atoms with Crippen LogP contribution in [0.2, 0.25) is 0 Å². The molecule has 158 valence electrons. The number of fused-ring (bicyclic) bond motifs is 1. The van der Waals surface area contributed by atoms with Crippen LogP contribution in [0.1, 0.15) is 54.2 Å². The molecule has 30 heavy (non-hydrogen) atoms. The zero-order valence-electron chi connectivity index (χ0n) is 16.9. The van der Waals surface area contributed by atoms with E-state index < -0.39 is 26.8 Å². The number of hydrogen-bond donors (Lipinski definition) is 1. The molecule has 3 aromatic rings. The second-order valence-corrected chi connectivity index (χ2v) is 9.35. The molecule has 1 heterocycles. The molecule has 0 aliphatic heterocycles. The molecule has 0 spiro atoms. The van der Waals surface area contributed by atoms with Gasteiger partial charge in [0, 0.05) is 17.0 Å². The molecule has 1 aliphatic carbocycles. The Kier molecular flexibility index (Phi) is 4.94. The van der Waals surface area contributed by atoms with Gasteiger partial charge in [0.1, 0.15) is 33.9 Å². The Bertz CT molecular complexity index is 1330. The van der Waals surface area contributed by atoms with Crippen LogP contribution in [0.4, 0.5) is 4.39 Å². The van der Waals surface area contributed by atoms with E-state index >= 15 is 0 Å². The van der Waals surface area contributed by atoms with Gasteiger partial charge in [-0.1, -0.05) is 0 Å². The first-order chi connectivity index (χ1) is 14.1. The van der Waals surface area contributed by atoms with Gasteiger partial charge in [0.05, 0.1) is 5.39 Å². The van der Waals surface area contributed by atoms with Gasteiger partial charge in [0.15, 0.2) is 5.43 Å². The first-order valence-corrected chi connectivity index (χ1v) is 11.2. The van der Waals surface area contributed by atoms with E-state index in [-0.39, 0.29) is 17.1 Å². The van der Waals surface area contributed by atoms with Crippen LogP contribution < -0.4 is 15.3 Å². The normalized spacial score (nSPS) is 15.4. The van der Waals surface area contributed by atoms with Crippen LogP contribution in [0.15, 0.2) is 44.4 Å². The van der Waals surface area contributed by atoms with Gasteiger partial charge >= 0.3 is 0 Å². The lowest BCUT2D eigenvalue weighted by molar-refractivity contribution is 0.220. The summed E-state index contributed by atoms with van der Waals surface area (Å²) in [5, 5.41) is 5.67. The predicted molar refractivity (Wildman–Crippen MR) is 111 cm³/mol. The molecule has 2 aromatic carbocycles. The summed E-state index contributed by atoms with van der Waals surface area (Å²) in [4.78, 5) is 12.5. The zero-order valence-corrected chi connectivity index (χ0v) is 17.7. The second-order valence-electron chi connectivity index (χ2n) is 7.82. The summed E-state index contributed by atoms with van der Waals surface area (Å²) in [5.74, 6) is 0.129. The standard InChI is InChI=1S/C22H22FNO5S/c1-11-8-16(13(3)28-18-7-6-15(23)10-19(18)30(24,26)27)22-17(9-11)20(25)12(2)21(29-22)14-4-5-14/h6-10,13-14H,4-5H2,1-3H3,(H2,24,26,27)/t13-/m1/s1. The van der Waals surface area contributed by atoms with Crippen molar-refractivity contribution in [2.75, 3.05) is 0 Å². The van der Waals surface area contributed by atoms with Crippen molar-refractivity contribution in [3.8, 4) is 5.75 Å². The van der Waals surface area contributed by atoms with Crippen LogP contribution in [0.3, 0.4) is 0 Å². The fraction of sp³-hybridized carbons (Fsp3) is 0.318. The van der Waals surface area contributed by atoms with Gasteiger partial charge in [-0.2, -0.15) is 0 Å². The maximum absolute atomic E-state index is 13.6. The molecular weight excluding hydrogens is 409 g/mol. The van der Waals surface area contributed by atoms with Crippen LogP contribution in [-0.2, 0) is 10.0 Å². The lowest BCUT2D eigenvalue weighted by atomic mass is 10.0. The highest BCUT2D eigenvalue weighted by molar-refractivity contribution is 7.89. The largest absolute Gasteiger partial charge is 0.484 e. The van der Waals surface area contributed by atoms with Gasteiger partial charge in [-0.15, -0.1) is 0 Å². The molecule has 4 rings (SSSR count). The number of benzene rings is 2. The maximum Gasteiger partial charge on any atom is 0.241 e. The Hall–Kier alpha value is -2.71. The first kappa shape index (κ1) is 20.6. The molecule has 6 nitrogen and oxygen atoms in total. The van der Waals surface area contributed by atoms with Crippen molar-refractivity contribution in [2.45, 2.75) is 50.5 Å². The molecule has 1 saturated carbocycles. The van der Waals surface area contributed by atoms with Crippen molar-refractivity contribution in [1.29, 1.82) is 0 Å². The summed E-state index contributed by atoms with van der Waals surface area (Å²) in [5.41, 5.74) is 2.40. The minimum Gasteiger partial charge on any atom is -0.484 e. The summed E-state index contributed by atoms with van der Waals surface area (Å²) in [6.45, 7) is 5.34. The molecule has 0 radical (unpaired) electrons. The summed E-state index contributed by atoms with van der Waals surface area (Å²) >= 11 is 0. The minimum atomic E-state index is -4.19. The topological polar surface area (TPSA) is 99.6 Å². The van der Waals surface area contributed by atoms with Crippen molar-refractivity contribution in [1.82, 2.24) is 0 Å². The van der Waals surface area contributed by atoms with Crippen molar-refractivity contribution in [2.24, 2.45) is 5.14 Å². The molecule has 0 saturated heterocycles. The minimum absolute atomic E-state index is 0.0714.